The summed E-state index contributed by atoms with van der Waals surface area (Å²) in [6.07, 6.45) is 1.61. The first-order valence-electron chi connectivity index (χ1n) is 6.60. The molecule has 0 aliphatic carbocycles. The Bertz CT molecular complexity index is 760. The Kier molecular flexibility index (Phi) is 3.22. The molecule has 104 valence electrons. The predicted octanol–water partition coefficient (Wildman–Crippen LogP) is 4.38. The van der Waals surface area contributed by atoms with Crippen LogP contribution < -0.4 is 5.32 Å². The maximum atomic E-state index is 5.66. The summed E-state index contributed by atoms with van der Waals surface area (Å²) in [5.74, 6) is 2.71. The lowest BCUT2D eigenvalue weighted by Gasteiger charge is -2.13. The molecule has 0 fully saturated rings. The average molecular weight is 287 g/mol. The van der Waals surface area contributed by atoms with E-state index in [9.17, 15) is 0 Å². The van der Waals surface area contributed by atoms with Gasteiger partial charge in [-0.1, -0.05) is 0 Å². The highest BCUT2D eigenvalue weighted by molar-refractivity contribution is 7.18. The quantitative estimate of drug-likeness (QED) is 0.776. The first kappa shape index (κ1) is 13.1. The summed E-state index contributed by atoms with van der Waals surface area (Å²) < 4.78 is 5.66. The molecule has 3 aromatic rings. The van der Waals surface area contributed by atoms with Crippen molar-refractivity contribution in [2.75, 3.05) is 5.32 Å². The molecule has 0 radical (unpaired) electrons. The molecule has 0 bridgehead atoms. The van der Waals surface area contributed by atoms with Crippen molar-refractivity contribution in [2.24, 2.45) is 0 Å². The van der Waals surface area contributed by atoms with Crippen LogP contribution in [0.2, 0.25) is 0 Å². The van der Waals surface area contributed by atoms with Crippen LogP contribution in [0, 0.1) is 20.8 Å². The van der Waals surface area contributed by atoms with Crippen LogP contribution >= 0.6 is 11.3 Å². The zero-order chi connectivity index (χ0) is 14.3. The van der Waals surface area contributed by atoms with Crippen LogP contribution in [-0.2, 0) is 0 Å². The molecule has 1 unspecified atom stereocenters. The van der Waals surface area contributed by atoms with Gasteiger partial charge < -0.3 is 9.73 Å². The van der Waals surface area contributed by atoms with E-state index in [0.717, 1.165) is 27.6 Å². The van der Waals surface area contributed by atoms with Crippen molar-refractivity contribution in [3.63, 3.8) is 0 Å². The zero-order valence-electron chi connectivity index (χ0n) is 12.0. The molecule has 20 heavy (non-hydrogen) atoms. The average Bonchev–Trinajstić information content (AvgIpc) is 2.96. The van der Waals surface area contributed by atoms with Gasteiger partial charge in [0.05, 0.1) is 11.4 Å². The molecule has 0 saturated carbocycles. The fraction of sp³-hybridized carbons (Fsp3) is 0.333. The molecule has 3 rings (SSSR count). The number of thiophene rings is 1. The Balaban J connectivity index is 1.98. The Morgan fingerprint density at radius 2 is 2.00 bits per heavy atom. The van der Waals surface area contributed by atoms with Gasteiger partial charge in [0.1, 0.15) is 28.5 Å². The standard InChI is InChI=1S/C15H17N3OS/c1-8-5-6-12(19-8)10(3)18-14-13-9(2)11(4)20-15(13)17-7-16-14/h5-7,10H,1-4H3,(H,16,17,18). The van der Waals surface area contributed by atoms with E-state index in [4.69, 9.17) is 4.42 Å². The van der Waals surface area contributed by atoms with Gasteiger partial charge in [-0.3, -0.25) is 0 Å². The lowest BCUT2D eigenvalue weighted by Crippen LogP contribution is -2.07. The van der Waals surface area contributed by atoms with E-state index in [1.165, 1.54) is 10.4 Å². The molecule has 0 spiro atoms. The topological polar surface area (TPSA) is 51.0 Å². The first-order valence-corrected chi connectivity index (χ1v) is 7.41. The first-order chi connectivity index (χ1) is 9.56. The van der Waals surface area contributed by atoms with Gasteiger partial charge in [0.25, 0.3) is 0 Å². The second-order valence-corrected chi connectivity index (χ2v) is 6.20. The number of hydrogen-bond acceptors (Lipinski definition) is 5. The lowest BCUT2D eigenvalue weighted by molar-refractivity contribution is 0.466. The van der Waals surface area contributed by atoms with Crippen molar-refractivity contribution in [3.8, 4) is 0 Å². The van der Waals surface area contributed by atoms with Crippen LogP contribution in [0.25, 0.3) is 10.2 Å². The largest absolute Gasteiger partial charge is 0.464 e. The fourth-order valence-electron chi connectivity index (χ4n) is 2.25. The number of nitrogens with zero attached hydrogens (tertiary/aromatic N) is 2. The summed E-state index contributed by atoms with van der Waals surface area (Å²) in [5.41, 5.74) is 1.25. The Labute approximate surface area is 121 Å². The molecular formula is C15H17N3OS. The van der Waals surface area contributed by atoms with E-state index in [2.05, 4.69) is 36.1 Å². The number of rotatable bonds is 3. The van der Waals surface area contributed by atoms with E-state index < -0.39 is 0 Å². The van der Waals surface area contributed by atoms with Crippen molar-refractivity contribution in [1.29, 1.82) is 0 Å². The molecule has 1 N–H and O–H groups in total. The van der Waals surface area contributed by atoms with Gasteiger partial charge in [-0.2, -0.15) is 0 Å². The Hall–Kier alpha value is -1.88. The summed E-state index contributed by atoms with van der Waals surface area (Å²) in [6, 6.07) is 4.04. The van der Waals surface area contributed by atoms with Gasteiger partial charge in [-0.25, -0.2) is 9.97 Å². The Morgan fingerprint density at radius 3 is 2.70 bits per heavy atom. The predicted molar refractivity (Wildman–Crippen MR) is 82.4 cm³/mol. The van der Waals surface area contributed by atoms with Gasteiger partial charge in [-0.15, -0.1) is 11.3 Å². The molecule has 0 amide bonds. The minimum absolute atomic E-state index is 0.0707. The minimum atomic E-state index is 0.0707. The van der Waals surface area contributed by atoms with E-state index in [1.807, 2.05) is 19.1 Å². The minimum Gasteiger partial charge on any atom is -0.464 e. The second kappa shape index (κ2) is 4.90. The van der Waals surface area contributed by atoms with Crippen molar-refractivity contribution < 1.29 is 4.42 Å². The van der Waals surface area contributed by atoms with Gasteiger partial charge in [-0.05, 0) is 45.4 Å². The Morgan fingerprint density at radius 1 is 1.20 bits per heavy atom. The molecule has 0 aliphatic rings. The maximum Gasteiger partial charge on any atom is 0.139 e. The van der Waals surface area contributed by atoms with Crippen molar-refractivity contribution in [2.45, 2.75) is 33.7 Å². The van der Waals surface area contributed by atoms with Crippen LogP contribution in [-0.4, -0.2) is 9.97 Å². The highest BCUT2D eigenvalue weighted by Gasteiger charge is 2.15. The van der Waals surface area contributed by atoms with E-state index in [0.29, 0.717) is 0 Å². The molecule has 0 aliphatic heterocycles. The van der Waals surface area contributed by atoms with Gasteiger partial charge in [0, 0.05) is 4.88 Å². The third-order valence-electron chi connectivity index (χ3n) is 3.51. The molecule has 1 atom stereocenters. The number of aryl methyl sites for hydroxylation is 3. The highest BCUT2D eigenvalue weighted by Crippen LogP contribution is 2.33. The van der Waals surface area contributed by atoms with Crippen LogP contribution in [0.15, 0.2) is 22.9 Å². The van der Waals surface area contributed by atoms with Crippen LogP contribution in [0.1, 0.15) is 34.9 Å². The van der Waals surface area contributed by atoms with Crippen LogP contribution in [0.4, 0.5) is 5.82 Å². The lowest BCUT2D eigenvalue weighted by atomic mass is 10.2. The smallest absolute Gasteiger partial charge is 0.139 e. The molecule has 0 aromatic carbocycles. The number of furan rings is 1. The zero-order valence-corrected chi connectivity index (χ0v) is 12.8. The number of aromatic nitrogens is 2. The fourth-order valence-corrected chi connectivity index (χ4v) is 3.25. The molecule has 0 saturated heterocycles. The number of hydrogen-bond donors (Lipinski definition) is 1. The molecule has 4 nitrogen and oxygen atoms in total. The molecular weight excluding hydrogens is 270 g/mol. The SMILES string of the molecule is Cc1ccc(C(C)Nc2ncnc3sc(C)c(C)c23)o1. The van der Waals surface area contributed by atoms with Crippen LogP contribution in [0.3, 0.4) is 0 Å². The number of anilines is 1. The second-order valence-electron chi connectivity index (χ2n) is 5.00. The maximum absolute atomic E-state index is 5.66. The van der Waals surface area contributed by atoms with Crippen molar-refractivity contribution in [3.05, 3.63) is 40.4 Å². The van der Waals surface area contributed by atoms with Crippen LogP contribution in [0.5, 0.6) is 0 Å². The summed E-state index contributed by atoms with van der Waals surface area (Å²) in [4.78, 5) is 11.1. The molecule has 3 aromatic heterocycles. The van der Waals surface area contributed by atoms with E-state index in [-0.39, 0.29) is 6.04 Å². The third kappa shape index (κ3) is 2.18. The van der Waals surface area contributed by atoms with Crippen molar-refractivity contribution in [1.82, 2.24) is 9.97 Å². The molecule has 3 heterocycles. The van der Waals surface area contributed by atoms with Gasteiger partial charge in [0.2, 0.25) is 0 Å². The number of fused-ring (bicyclic) bond motifs is 1. The summed E-state index contributed by atoms with van der Waals surface area (Å²) >= 11 is 1.71. The highest BCUT2D eigenvalue weighted by atomic mass is 32.1. The van der Waals surface area contributed by atoms with Crippen molar-refractivity contribution >= 4 is 27.4 Å². The normalized spacial score (nSPS) is 12.8. The summed E-state index contributed by atoms with van der Waals surface area (Å²) in [6.45, 7) is 8.25. The number of nitrogens with one attached hydrogen (secondary N) is 1. The summed E-state index contributed by atoms with van der Waals surface area (Å²) in [7, 11) is 0. The van der Waals surface area contributed by atoms with Gasteiger partial charge >= 0.3 is 0 Å². The monoisotopic (exact) mass is 287 g/mol. The van der Waals surface area contributed by atoms with Gasteiger partial charge in [0.15, 0.2) is 0 Å². The van der Waals surface area contributed by atoms with E-state index >= 15 is 0 Å². The summed E-state index contributed by atoms with van der Waals surface area (Å²) in [5, 5.41) is 4.55. The molecule has 5 heteroatoms. The van der Waals surface area contributed by atoms with E-state index in [1.54, 1.807) is 17.7 Å². The third-order valence-corrected chi connectivity index (χ3v) is 4.62.